The maximum absolute atomic E-state index is 10.4. The zero-order valence-corrected chi connectivity index (χ0v) is 28.9. The predicted octanol–water partition coefficient (Wildman–Crippen LogP) is 10.7. The zero-order chi connectivity index (χ0) is 32.9. The van der Waals surface area contributed by atoms with E-state index in [1.807, 2.05) is 0 Å². The SMILES string of the molecule is CCCCCCC/C=C/C(CO)CCCCCCCC(=O)O.CCCCCCCCC(/C=C/CCCCCCC(=O)O)CO. The molecule has 2 atom stereocenters. The average Bonchev–Trinajstić information content (AvgIpc) is 3.01. The second-order valence-corrected chi connectivity index (χ2v) is 12.5. The summed E-state index contributed by atoms with van der Waals surface area (Å²) in [5.74, 6) is -0.770. The molecule has 0 saturated carbocycles. The van der Waals surface area contributed by atoms with Gasteiger partial charge in [-0.1, -0.05) is 141 Å². The number of hydrogen-bond acceptors (Lipinski definition) is 4. The van der Waals surface area contributed by atoms with Gasteiger partial charge < -0.3 is 20.4 Å². The second-order valence-electron chi connectivity index (χ2n) is 12.5. The Morgan fingerprint density at radius 3 is 1.14 bits per heavy atom. The second kappa shape index (κ2) is 37.5. The molecule has 0 amide bonds. The van der Waals surface area contributed by atoms with Crippen molar-refractivity contribution in [1.82, 2.24) is 0 Å². The Bertz CT molecular complexity index is 660. The molecule has 0 aliphatic carbocycles. The van der Waals surface area contributed by atoms with Crippen LogP contribution in [0.15, 0.2) is 24.3 Å². The van der Waals surface area contributed by atoms with Crippen molar-refractivity contribution < 1.29 is 30.0 Å². The zero-order valence-electron chi connectivity index (χ0n) is 28.9. The molecule has 0 rings (SSSR count). The third-order valence-electron chi connectivity index (χ3n) is 8.17. The maximum atomic E-state index is 10.4. The first kappa shape index (κ1) is 44.5. The van der Waals surface area contributed by atoms with E-state index in [2.05, 4.69) is 38.2 Å². The van der Waals surface area contributed by atoms with Gasteiger partial charge in [-0.2, -0.15) is 0 Å². The standard InChI is InChI=1S/2C19H36O3/c1-2-3-4-5-8-11-14-18(17-20)15-12-9-6-7-10-13-16-19(21)22;1-2-3-4-5-6-8-11-14-18(17-20)15-12-9-7-10-13-16-19(21)22/h12,15,18,20H,2-11,13-14,16-17H2,1H3,(H,21,22);11,14,18,20H,2-10,12-13,15-17H2,1H3,(H,21,22)/b15-12+;14-11+. The Labute approximate surface area is 271 Å². The molecule has 0 spiro atoms. The maximum Gasteiger partial charge on any atom is 0.303 e. The molecule has 0 radical (unpaired) electrons. The largest absolute Gasteiger partial charge is 0.481 e. The van der Waals surface area contributed by atoms with Gasteiger partial charge in [-0.3, -0.25) is 9.59 Å². The fourth-order valence-electron chi connectivity index (χ4n) is 5.23. The summed E-state index contributed by atoms with van der Waals surface area (Å²) in [7, 11) is 0. The first-order chi connectivity index (χ1) is 21.4. The van der Waals surface area contributed by atoms with Crippen LogP contribution in [0.4, 0.5) is 0 Å². The van der Waals surface area contributed by atoms with Gasteiger partial charge in [-0.25, -0.2) is 0 Å². The van der Waals surface area contributed by atoms with Crippen LogP contribution in [0.1, 0.15) is 181 Å². The molecule has 0 fully saturated rings. The average molecular weight is 625 g/mol. The van der Waals surface area contributed by atoms with Crippen LogP contribution in [0.2, 0.25) is 0 Å². The van der Waals surface area contributed by atoms with Crippen LogP contribution in [0.5, 0.6) is 0 Å². The number of aliphatic hydroxyl groups is 2. The number of rotatable bonds is 32. The number of allylic oxidation sites excluding steroid dienone is 2. The minimum Gasteiger partial charge on any atom is -0.481 e. The molecule has 0 aromatic heterocycles. The summed E-state index contributed by atoms with van der Waals surface area (Å²) in [4.78, 5) is 20.7. The fourth-order valence-corrected chi connectivity index (χ4v) is 5.23. The summed E-state index contributed by atoms with van der Waals surface area (Å²) in [6.45, 7) is 4.96. The van der Waals surface area contributed by atoms with Gasteiger partial charge in [0.1, 0.15) is 0 Å². The van der Waals surface area contributed by atoms with Gasteiger partial charge in [0.2, 0.25) is 0 Å². The van der Waals surface area contributed by atoms with Crippen LogP contribution in [0.3, 0.4) is 0 Å². The highest BCUT2D eigenvalue weighted by atomic mass is 16.4. The molecule has 0 heterocycles. The minimum atomic E-state index is -0.694. The van der Waals surface area contributed by atoms with Gasteiger partial charge >= 0.3 is 11.9 Å². The van der Waals surface area contributed by atoms with E-state index < -0.39 is 11.9 Å². The van der Waals surface area contributed by atoms with E-state index in [0.717, 1.165) is 83.5 Å². The molecular weight excluding hydrogens is 552 g/mol. The van der Waals surface area contributed by atoms with Crippen molar-refractivity contribution in [2.24, 2.45) is 11.8 Å². The molecule has 260 valence electrons. The molecule has 0 aromatic rings. The van der Waals surface area contributed by atoms with Crippen molar-refractivity contribution in [2.45, 2.75) is 181 Å². The van der Waals surface area contributed by atoms with E-state index in [0.29, 0.717) is 24.7 Å². The van der Waals surface area contributed by atoms with Crippen LogP contribution >= 0.6 is 0 Å². The van der Waals surface area contributed by atoms with Gasteiger partial charge in [-0.05, 0) is 63.2 Å². The lowest BCUT2D eigenvalue weighted by Gasteiger charge is -2.09. The Kier molecular flexibility index (Phi) is 37.9. The lowest BCUT2D eigenvalue weighted by Crippen LogP contribution is -2.02. The van der Waals surface area contributed by atoms with Gasteiger partial charge in [0.05, 0.1) is 0 Å². The van der Waals surface area contributed by atoms with Gasteiger partial charge in [0.25, 0.3) is 0 Å². The summed E-state index contributed by atoms with van der Waals surface area (Å²) in [6.07, 6.45) is 37.2. The molecule has 0 aliphatic heterocycles. The summed E-state index contributed by atoms with van der Waals surface area (Å²) in [5.41, 5.74) is 0. The Hall–Kier alpha value is -1.66. The van der Waals surface area contributed by atoms with Crippen molar-refractivity contribution in [2.75, 3.05) is 13.2 Å². The predicted molar refractivity (Wildman–Crippen MR) is 186 cm³/mol. The van der Waals surface area contributed by atoms with E-state index >= 15 is 0 Å². The Balaban J connectivity index is 0. The fraction of sp³-hybridized carbons (Fsp3) is 0.842. The van der Waals surface area contributed by atoms with Crippen LogP contribution in [-0.4, -0.2) is 45.6 Å². The number of carboxylic acid groups (broad SMARTS) is 2. The topological polar surface area (TPSA) is 115 Å². The van der Waals surface area contributed by atoms with E-state index in [-0.39, 0.29) is 13.2 Å². The molecule has 4 N–H and O–H groups in total. The molecule has 6 nitrogen and oxygen atoms in total. The number of unbranched alkanes of at least 4 members (excludes halogenated alkanes) is 18. The summed E-state index contributed by atoms with van der Waals surface area (Å²) >= 11 is 0. The van der Waals surface area contributed by atoms with Gasteiger partial charge in [-0.15, -0.1) is 0 Å². The quantitative estimate of drug-likeness (QED) is 0.0437. The first-order valence-corrected chi connectivity index (χ1v) is 18.4. The van der Waals surface area contributed by atoms with Crippen LogP contribution in [-0.2, 0) is 9.59 Å². The molecule has 0 aromatic carbocycles. The van der Waals surface area contributed by atoms with Crippen molar-refractivity contribution in [3.8, 4) is 0 Å². The van der Waals surface area contributed by atoms with E-state index in [1.165, 1.54) is 70.6 Å². The molecular formula is C38H72O6. The summed E-state index contributed by atoms with van der Waals surface area (Å²) in [6, 6.07) is 0. The van der Waals surface area contributed by atoms with Crippen LogP contribution in [0, 0.1) is 11.8 Å². The molecule has 2 unspecified atom stereocenters. The van der Waals surface area contributed by atoms with E-state index in [9.17, 15) is 19.8 Å². The molecule has 0 saturated heterocycles. The third-order valence-corrected chi connectivity index (χ3v) is 8.17. The first-order valence-electron chi connectivity index (χ1n) is 18.4. The number of hydrogen-bond donors (Lipinski definition) is 4. The third kappa shape index (κ3) is 38.4. The van der Waals surface area contributed by atoms with Crippen LogP contribution in [0.25, 0.3) is 0 Å². The Morgan fingerprint density at radius 2 is 0.795 bits per heavy atom. The highest BCUT2D eigenvalue weighted by Gasteiger charge is 2.04. The van der Waals surface area contributed by atoms with Crippen molar-refractivity contribution >= 4 is 11.9 Å². The number of carboxylic acids is 2. The lowest BCUT2D eigenvalue weighted by atomic mass is 9.99. The van der Waals surface area contributed by atoms with Crippen LogP contribution < -0.4 is 0 Å². The van der Waals surface area contributed by atoms with E-state index in [1.54, 1.807) is 0 Å². The van der Waals surface area contributed by atoms with Crippen molar-refractivity contribution in [3.05, 3.63) is 24.3 Å². The smallest absolute Gasteiger partial charge is 0.303 e. The normalized spacial score (nSPS) is 12.8. The molecule has 6 heteroatoms. The number of carbonyl (C=O) groups is 2. The highest BCUT2D eigenvalue weighted by Crippen LogP contribution is 2.16. The van der Waals surface area contributed by atoms with Crippen molar-refractivity contribution in [1.29, 1.82) is 0 Å². The summed E-state index contributed by atoms with van der Waals surface area (Å²) in [5, 5.41) is 35.9. The number of aliphatic hydroxyl groups excluding tert-OH is 2. The lowest BCUT2D eigenvalue weighted by molar-refractivity contribution is -0.138. The monoisotopic (exact) mass is 625 g/mol. The molecule has 44 heavy (non-hydrogen) atoms. The minimum absolute atomic E-state index is 0.241. The Morgan fingerprint density at radius 1 is 0.477 bits per heavy atom. The summed E-state index contributed by atoms with van der Waals surface area (Å²) < 4.78 is 0. The van der Waals surface area contributed by atoms with Gasteiger partial charge in [0, 0.05) is 26.1 Å². The van der Waals surface area contributed by atoms with Gasteiger partial charge in [0.15, 0.2) is 0 Å². The van der Waals surface area contributed by atoms with E-state index in [4.69, 9.17) is 10.2 Å². The number of aliphatic carboxylic acids is 2. The molecule has 0 aliphatic rings. The highest BCUT2D eigenvalue weighted by molar-refractivity contribution is 5.66. The molecule has 0 bridgehead atoms. The van der Waals surface area contributed by atoms with Crippen molar-refractivity contribution in [3.63, 3.8) is 0 Å².